The monoisotopic (exact) mass is 347 g/mol. The van der Waals surface area contributed by atoms with E-state index in [-0.39, 0.29) is 12.1 Å². The van der Waals surface area contributed by atoms with Crippen LogP contribution in [0.4, 0.5) is 0 Å². The van der Waals surface area contributed by atoms with Crippen molar-refractivity contribution in [1.82, 2.24) is 15.1 Å². The van der Waals surface area contributed by atoms with Gasteiger partial charge in [-0.2, -0.15) is 5.10 Å². The van der Waals surface area contributed by atoms with Gasteiger partial charge in [-0.1, -0.05) is 30.1 Å². The maximum absolute atomic E-state index is 6.34. The van der Waals surface area contributed by atoms with Gasteiger partial charge in [-0.15, -0.1) is 11.3 Å². The summed E-state index contributed by atoms with van der Waals surface area (Å²) in [6, 6.07) is 2.02. The highest BCUT2D eigenvalue weighted by Gasteiger charge is 2.27. The average molecular weight is 348 g/mol. The molecule has 0 aliphatic carbocycles. The number of hydrogen-bond donors (Lipinski definition) is 1. The number of aromatic nitrogens is 2. The second kappa shape index (κ2) is 7.01. The van der Waals surface area contributed by atoms with Crippen LogP contribution in [-0.2, 0) is 0 Å². The Kier molecular flexibility index (Phi) is 5.54. The summed E-state index contributed by atoms with van der Waals surface area (Å²) in [5, 5.41) is 7.88. The van der Waals surface area contributed by atoms with Crippen molar-refractivity contribution in [2.75, 3.05) is 13.7 Å². The average Bonchev–Trinajstić information content (AvgIpc) is 2.99. The van der Waals surface area contributed by atoms with Crippen LogP contribution >= 0.6 is 34.5 Å². The Morgan fingerprint density at radius 3 is 2.62 bits per heavy atom. The lowest BCUT2D eigenvalue weighted by Gasteiger charge is -2.22. The van der Waals surface area contributed by atoms with Gasteiger partial charge in [0.25, 0.3) is 0 Å². The van der Waals surface area contributed by atoms with Gasteiger partial charge < -0.3 is 10.1 Å². The third kappa shape index (κ3) is 3.37. The Bertz CT molecular complexity index is 609. The number of methoxy groups -OCH3 is 1. The molecule has 7 heteroatoms. The van der Waals surface area contributed by atoms with Crippen LogP contribution in [0.3, 0.4) is 0 Å². The predicted octanol–water partition coefficient (Wildman–Crippen LogP) is 4.54. The number of thiophene rings is 1. The number of ether oxygens (including phenoxy) is 1. The van der Waals surface area contributed by atoms with Gasteiger partial charge >= 0.3 is 0 Å². The van der Waals surface area contributed by atoms with E-state index < -0.39 is 0 Å². The molecule has 0 spiro atoms. The first-order valence-corrected chi connectivity index (χ1v) is 8.36. The van der Waals surface area contributed by atoms with E-state index in [1.165, 1.54) is 11.3 Å². The Hall–Kier alpha value is -0.750. The fourth-order valence-electron chi connectivity index (χ4n) is 2.31. The first-order valence-electron chi connectivity index (χ1n) is 6.79. The highest BCUT2D eigenvalue weighted by atomic mass is 35.5. The van der Waals surface area contributed by atoms with Gasteiger partial charge in [0.1, 0.15) is 5.69 Å². The van der Waals surface area contributed by atoms with Crippen LogP contribution in [0, 0.1) is 0 Å². The topological polar surface area (TPSA) is 39.1 Å². The molecular formula is C14H19Cl2N3OS. The first-order chi connectivity index (χ1) is 9.99. The molecule has 0 bridgehead atoms. The molecule has 0 fully saturated rings. The molecule has 4 nitrogen and oxygen atoms in total. The van der Waals surface area contributed by atoms with Crippen LogP contribution in [-0.4, -0.2) is 23.4 Å². The zero-order valence-electron chi connectivity index (χ0n) is 12.5. The molecule has 0 saturated heterocycles. The zero-order chi connectivity index (χ0) is 15.6. The first kappa shape index (κ1) is 16.6. The van der Waals surface area contributed by atoms with Crippen molar-refractivity contribution in [3.63, 3.8) is 0 Å². The lowest BCUT2D eigenvalue weighted by atomic mass is 10.1. The van der Waals surface area contributed by atoms with Gasteiger partial charge in [-0.25, -0.2) is 0 Å². The van der Waals surface area contributed by atoms with Crippen molar-refractivity contribution in [3.05, 3.63) is 32.2 Å². The SMILES string of the molecule is CCNC(c1cc(Cl)sc1Cl)c1c(OC)cnn1C(C)C. The molecule has 2 aromatic rings. The van der Waals surface area contributed by atoms with Gasteiger partial charge in [0, 0.05) is 11.6 Å². The molecule has 1 atom stereocenters. The summed E-state index contributed by atoms with van der Waals surface area (Å²) in [7, 11) is 1.65. The minimum Gasteiger partial charge on any atom is -0.493 e. The minimum atomic E-state index is -0.105. The van der Waals surface area contributed by atoms with Crippen molar-refractivity contribution in [3.8, 4) is 5.75 Å². The van der Waals surface area contributed by atoms with Crippen LogP contribution in [0.15, 0.2) is 12.3 Å². The predicted molar refractivity (Wildman–Crippen MR) is 89.0 cm³/mol. The highest BCUT2D eigenvalue weighted by molar-refractivity contribution is 7.20. The van der Waals surface area contributed by atoms with E-state index in [2.05, 4.69) is 31.2 Å². The zero-order valence-corrected chi connectivity index (χ0v) is 14.8. The van der Waals surface area contributed by atoms with Crippen molar-refractivity contribution >= 4 is 34.5 Å². The van der Waals surface area contributed by atoms with Crippen LogP contribution in [0.1, 0.15) is 44.1 Å². The van der Waals surface area contributed by atoms with E-state index in [9.17, 15) is 0 Å². The molecule has 1 unspecified atom stereocenters. The third-order valence-corrected chi connectivity index (χ3v) is 4.70. The van der Waals surface area contributed by atoms with Crippen molar-refractivity contribution < 1.29 is 4.74 Å². The fraction of sp³-hybridized carbons (Fsp3) is 0.500. The van der Waals surface area contributed by atoms with Crippen molar-refractivity contribution in [2.24, 2.45) is 0 Å². The summed E-state index contributed by atoms with van der Waals surface area (Å²) in [6.45, 7) is 7.01. The Balaban J connectivity index is 2.57. The Morgan fingerprint density at radius 2 is 2.14 bits per heavy atom. The number of rotatable bonds is 6. The smallest absolute Gasteiger partial charge is 0.161 e. The van der Waals surface area contributed by atoms with Crippen molar-refractivity contribution in [2.45, 2.75) is 32.9 Å². The number of halogens is 2. The molecule has 0 radical (unpaired) electrons. The third-order valence-electron chi connectivity index (χ3n) is 3.18. The standard InChI is InChI=1S/C14H19Cl2N3OS/c1-5-17-12(9-6-11(15)21-14(9)16)13-10(20-4)7-18-19(13)8(2)3/h6-8,12,17H,5H2,1-4H3. The maximum atomic E-state index is 6.34. The van der Waals surface area contributed by atoms with E-state index in [1.54, 1.807) is 13.3 Å². The summed E-state index contributed by atoms with van der Waals surface area (Å²) >= 11 is 13.8. The normalized spacial score (nSPS) is 12.9. The van der Waals surface area contributed by atoms with E-state index in [1.807, 2.05) is 10.7 Å². The van der Waals surface area contributed by atoms with Crippen LogP contribution < -0.4 is 10.1 Å². The summed E-state index contributed by atoms with van der Waals surface area (Å²) in [5.41, 5.74) is 1.92. The fourth-order valence-corrected chi connectivity index (χ4v) is 3.84. The van der Waals surface area contributed by atoms with E-state index in [4.69, 9.17) is 27.9 Å². The molecule has 0 aliphatic rings. The quantitative estimate of drug-likeness (QED) is 0.833. The maximum Gasteiger partial charge on any atom is 0.161 e. The Morgan fingerprint density at radius 1 is 1.43 bits per heavy atom. The van der Waals surface area contributed by atoms with Gasteiger partial charge in [0.05, 0.1) is 28.0 Å². The second-order valence-electron chi connectivity index (χ2n) is 4.91. The molecule has 1 N–H and O–H groups in total. The van der Waals surface area contributed by atoms with Gasteiger partial charge in [0.2, 0.25) is 0 Å². The van der Waals surface area contributed by atoms with Crippen LogP contribution in [0.5, 0.6) is 5.75 Å². The molecule has 116 valence electrons. The number of nitrogens with one attached hydrogen (secondary N) is 1. The molecule has 0 aliphatic heterocycles. The largest absolute Gasteiger partial charge is 0.493 e. The van der Waals surface area contributed by atoms with Gasteiger partial charge in [-0.3, -0.25) is 4.68 Å². The highest BCUT2D eigenvalue weighted by Crippen LogP contribution is 2.40. The summed E-state index contributed by atoms with van der Waals surface area (Å²) in [6.07, 6.45) is 1.74. The summed E-state index contributed by atoms with van der Waals surface area (Å²) in [5.74, 6) is 0.744. The Labute approximate surface area is 139 Å². The molecule has 0 aromatic carbocycles. The van der Waals surface area contributed by atoms with E-state index >= 15 is 0 Å². The van der Waals surface area contributed by atoms with E-state index in [0.29, 0.717) is 8.67 Å². The molecule has 2 aromatic heterocycles. The molecule has 0 saturated carbocycles. The summed E-state index contributed by atoms with van der Waals surface area (Å²) < 4.78 is 8.79. The minimum absolute atomic E-state index is 0.105. The lowest BCUT2D eigenvalue weighted by molar-refractivity contribution is 0.394. The van der Waals surface area contributed by atoms with E-state index in [0.717, 1.165) is 23.6 Å². The number of hydrogen-bond acceptors (Lipinski definition) is 4. The molecule has 0 amide bonds. The van der Waals surface area contributed by atoms with Crippen LogP contribution in [0.2, 0.25) is 8.67 Å². The molecule has 2 rings (SSSR count). The summed E-state index contributed by atoms with van der Waals surface area (Å²) in [4.78, 5) is 0. The van der Waals surface area contributed by atoms with Crippen LogP contribution in [0.25, 0.3) is 0 Å². The van der Waals surface area contributed by atoms with Gasteiger partial charge in [-0.05, 0) is 26.5 Å². The molecule has 2 heterocycles. The lowest BCUT2D eigenvalue weighted by Crippen LogP contribution is -2.26. The molecular weight excluding hydrogens is 329 g/mol. The molecule has 21 heavy (non-hydrogen) atoms. The second-order valence-corrected chi connectivity index (χ2v) is 7.19. The van der Waals surface area contributed by atoms with Crippen molar-refractivity contribution in [1.29, 1.82) is 0 Å². The van der Waals surface area contributed by atoms with Gasteiger partial charge in [0.15, 0.2) is 5.75 Å². The number of nitrogens with zero attached hydrogens (tertiary/aromatic N) is 2.